The molecule has 7 aromatic carbocycles. The molecule has 9 rings (SSSR count). The quantitative estimate of drug-likeness (QED) is 0.212. The van der Waals surface area contributed by atoms with E-state index >= 15 is 0 Å². The van der Waals surface area contributed by atoms with E-state index in [-0.39, 0.29) is 0 Å². The summed E-state index contributed by atoms with van der Waals surface area (Å²) in [5, 5.41) is 4.17. The van der Waals surface area contributed by atoms with Gasteiger partial charge in [0, 0.05) is 22.1 Å². The molecule has 0 saturated carbocycles. The van der Waals surface area contributed by atoms with Crippen LogP contribution in [0.4, 0.5) is 17.1 Å². The number of furan rings is 1. The second-order valence-corrected chi connectivity index (χ2v) is 10.9. The summed E-state index contributed by atoms with van der Waals surface area (Å²) in [5.41, 5.74) is 6.89. The van der Waals surface area contributed by atoms with E-state index < -0.39 is 0 Å². The molecular weight excluding hydrogens is 542 g/mol. The van der Waals surface area contributed by atoms with Crippen molar-refractivity contribution in [2.75, 3.05) is 4.90 Å². The molecule has 1 aromatic heterocycles. The number of hydrogen-bond donors (Lipinski definition) is 0. The van der Waals surface area contributed by atoms with Gasteiger partial charge in [0.05, 0.1) is 11.1 Å². The van der Waals surface area contributed by atoms with Crippen LogP contribution in [-0.4, -0.2) is 0 Å². The maximum absolute atomic E-state index is 6.78. The SMILES string of the molecule is c1ccc(-c2ccc(N(c3ccc4oc5ccccc5c4c3)c3cccc4c3Oc3cccc5cccc(c35)O4)cc2)cc1. The average molecular weight is 568 g/mol. The molecule has 0 bridgehead atoms. The molecular formula is C40H25NO3. The molecule has 0 saturated heterocycles. The van der Waals surface area contributed by atoms with Gasteiger partial charge in [-0.15, -0.1) is 0 Å². The topological polar surface area (TPSA) is 34.8 Å². The Morgan fingerprint density at radius 2 is 1.09 bits per heavy atom. The van der Waals surface area contributed by atoms with Crippen LogP contribution >= 0.6 is 0 Å². The van der Waals surface area contributed by atoms with Gasteiger partial charge in [0.1, 0.15) is 22.7 Å². The fourth-order valence-corrected chi connectivity index (χ4v) is 6.25. The Hall–Kier alpha value is -6.00. The van der Waals surface area contributed by atoms with Crippen molar-refractivity contribution in [1.82, 2.24) is 0 Å². The first kappa shape index (κ1) is 24.6. The molecule has 2 heterocycles. The lowest BCUT2D eigenvalue weighted by Crippen LogP contribution is -2.11. The summed E-state index contributed by atoms with van der Waals surface area (Å²) >= 11 is 0. The molecule has 0 N–H and O–H groups in total. The summed E-state index contributed by atoms with van der Waals surface area (Å²) in [7, 11) is 0. The first-order valence-corrected chi connectivity index (χ1v) is 14.7. The van der Waals surface area contributed by atoms with Crippen molar-refractivity contribution in [2.45, 2.75) is 0 Å². The lowest BCUT2D eigenvalue weighted by Gasteiger charge is -2.28. The van der Waals surface area contributed by atoms with Crippen molar-refractivity contribution < 1.29 is 13.9 Å². The van der Waals surface area contributed by atoms with Crippen molar-refractivity contribution in [2.24, 2.45) is 0 Å². The molecule has 1 aliphatic rings. The van der Waals surface area contributed by atoms with Crippen molar-refractivity contribution >= 4 is 49.8 Å². The van der Waals surface area contributed by atoms with Gasteiger partial charge in [-0.25, -0.2) is 0 Å². The average Bonchev–Trinajstić information content (AvgIpc) is 3.36. The molecule has 0 amide bonds. The Kier molecular flexibility index (Phi) is 5.47. The van der Waals surface area contributed by atoms with Gasteiger partial charge in [-0.05, 0) is 77.2 Å². The van der Waals surface area contributed by atoms with Gasteiger partial charge in [0.2, 0.25) is 0 Å². The second-order valence-electron chi connectivity index (χ2n) is 10.9. The van der Waals surface area contributed by atoms with Gasteiger partial charge in [0.15, 0.2) is 11.5 Å². The van der Waals surface area contributed by atoms with E-state index in [0.29, 0.717) is 11.5 Å². The van der Waals surface area contributed by atoms with Crippen LogP contribution in [0.15, 0.2) is 156 Å². The summed E-state index contributed by atoms with van der Waals surface area (Å²) in [6, 6.07) is 51.8. The minimum Gasteiger partial charge on any atom is -0.456 e. The van der Waals surface area contributed by atoms with Crippen LogP contribution in [0.25, 0.3) is 43.8 Å². The van der Waals surface area contributed by atoms with E-state index in [9.17, 15) is 0 Å². The van der Waals surface area contributed by atoms with Gasteiger partial charge in [-0.3, -0.25) is 0 Å². The number of anilines is 3. The maximum Gasteiger partial charge on any atom is 0.193 e. The Morgan fingerprint density at radius 3 is 1.93 bits per heavy atom. The first-order valence-electron chi connectivity index (χ1n) is 14.7. The van der Waals surface area contributed by atoms with Crippen LogP contribution in [-0.2, 0) is 0 Å². The van der Waals surface area contributed by atoms with Crippen LogP contribution in [0.3, 0.4) is 0 Å². The molecule has 0 spiro atoms. The van der Waals surface area contributed by atoms with Crippen molar-refractivity contribution in [3.8, 4) is 34.1 Å². The van der Waals surface area contributed by atoms with E-state index in [2.05, 4.69) is 89.8 Å². The molecule has 4 nitrogen and oxygen atoms in total. The number of para-hydroxylation sites is 2. The number of rotatable bonds is 4. The highest BCUT2D eigenvalue weighted by molar-refractivity contribution is 6.06. The van der Waals surface area contributed by atoms with Gasteiger partial charge in [-0.1, -0.05) is 91.0 Å². The van der Waals surface area contributed by atoms with Crippen molar-refractivity contribution in [1.29, 1.82) is 0 Å². The predicted octanol–water partition coefficient (Wildman–Crippen LogP) is 11.8. The van der Waals surface area contributed by atoms with Crippen molar-refractivity contribution in [3.05, 3.63) is 152 Å². The van der Waals surface area contributed by atoms with E-state index in [1.54, 1.807) is 0 Å². The third-order valence-electron chi connectivity index (χ3n) is 8.31. The molecule has 4 heteroatoms. The highest BCUT2D eigenvalue weighted by Crippen LogP contribution is 2.52. The normalized spacial score (nSPS) is 12.0. The highest BCUT2D eigenvalue weighted by Gasteiger charge is 2.26. The fourth-order valence-electron chi connectivity index (χ4n) is 6.25. The summed E-state index contributed by atoms with van der Waals surface area (Å²) in [4.78, 5) is 2.23. The number of ether oxygens (including phenoxy) is 2. The fraction of sp³-hybridized carbons (Fsp3) is 0. The molecule has 0 atom stereocenters. The molecule has 8 aromatic rings. The smallest absolute Gasteiger partial charge is 0.193 e. The van der Waals surface area contributed by atoms with Crippen LogP contribution in [0.2, 0.25) is 0 Å². The third-order valence-corrected chi connectivity index (χ3v) is 8.31. The minimum absolute atomic E-state index is 0.653. The Labute approximate surface area is 253 Å². The number of fused-ring (bicyclic) bond motifs is 4. The van der Waals surface area contributed by atoms with Crippen molar-refractivity contribution in [3.63, 3.8) is 0 Å². The van der Waals surface area contributed by atoms with Crippen LogP contribution < -0.4 is 14.4 Å². The second kappa shape index (κ2) is 9.79. The molecule has 44 heavy (non-hydrogen) atoms. The largest absolute Gasteiger partial charge is 0.456 e. The van der Waals surface area contributed by atoms with Gasteiger partial charge < -0.3 is 18.8 Å². The summed E-state index contributed by atoms with van der Waals surface area (Å²) < 4.78 is 19.5. The Bertz CT molecular complexity index is 2330. The zero-order valence-electron chi connectivity index (χ0n) is 23.6. The van der Waals surface area contributed by atoms with Crippen LogP contribution in [0.5, 0.6) is 23.0 Å². The number of benzene rings is 7. The monoisotopic (exact) mass is 567 g/mol. The predicted molar refractivity (Wildman–Crippen MR) is 178 cm³/mol. The summed E-state index contributed by atoms with van der Waals surface area (Å²) in [5.74, 6) is 2.85. The van der Waals surface area contributed by atoms with E-state index in [1.807, 2.05) is 66.7 Å². The summed E-state index contributed by atoms with van der Waals surface area (Å²) in [6.07, 6.45) is 0. The molecule has 1 aliphatic heterocycles. The van der Waals surface area contributed by atoms with E-state index in [4.69, 9.17) is 13.9 Å². The van der Waals surface area contributed by atoms with Gasteiger partial charge in [-0.2, -0.15) is 0 Å². The zero-order chi connectivity index (χ0) is 29.0. The zero-order valence-corrected chi connectivity index (χ0v) is 23.6. The van der Waals surface area contributed by atoms with Gasteiger partial charge >= 0.3 is 0 Å². The number of nitrogens with zero attached hydrogens (tertiary/aromatic N) is 1. The maximum atomic E-state index is 6.78. The first-order chi connectivity index (χ1) is 21.8. The van der Waals surface area contributed by atoms with E-state index in [1.165, 1.54) is 5.56 Å². The molecule has 0 fully saturated rings. The van der Waals surface area contributed by atoms with Crippen LogP contribution in [0, 0.1) is 0 Å². The highest BCUT2D eigenvalue weighted by atomic mass is 16.5. The molecule has 0 unspecified atom stereocenters. The standard InChI is InChI=1S/C40H25NO3/c1-2-9-26(10-3-1)27-19-21-29(22-20-27)41(30-23-24-35-32(25-30)31-13-4-5-15-34(31)42-35)33-14-8-18-38-40(33)44-37-17-7-12-28-11-6-16-36(43-38)39(28)37/h1-25H. The molecule has 208 valence electrons. The van der Waals surface area contributed by atoms with Crippen LogP contribution in [0.1, 0.15) is 0 Å². The summed E-state index contributed by atoms with van der Waals surface area (Å²) in [6.45, 7) is 0. The van der Waals surface area contributed by atoms with E-state index in [0.717, 1.165) is 66.8 Å². The Morgan fingerprint density at radius 1 is 0.432 bits per heavy atom. The lowest BCUT2D eigenvalue weighted by atomic mass is 10.0. The Balaban J connectivity index is 1.26. The number of hydrogen-bond acceptors (Lipinski definition) is 4. The lowest BCUT2D eigenvalue weighted by molar-refractivity contribution is 0.440. The third kappa shape index (κ3) is 3.92. The molecule has 0 radical (unpaired) electrons. The minimum atomic E-state index is 0.653. The van der Waals surface area contributed by atoms with Gasteiger partial charge in [0.25, 0.3) is 0 Å². The molecule has 0 aliphatic carbocycles.